The molecule has 22 heavy (non-hydrogen) atoms. The largest absolute Gasteiger partial charge is 0.544 e. The Hall–Kier alpha value is -2.28. The van der Waals surface area contributed by atoms with Crippen molar-refractivity contribution in [3.63, 3.8) is 0 Å². The fourth-order valence-electron chi connectivity index (χ4n) is 2.38. The van der Waals surface area contributed by atoms with Crippen LogP contribution in [0, 0.1) is 0 Å². The zero-order chi connectivity index (χ0) is 15.9. The van der Waals surface area contributed by atoms with E-state index in [1.165, 1.54) is 0 Å². The predicted octanol–water partition coefficient (Wildman–Crippen LogP) is -2.45. The Labute approximate surface area is 129 Å². The van der Waals surface area contributed by atoms with E-state index in [0.717, 1.165) is 4.90 Å². The molecule has 7 heteroatoms. The fourth-order valence-corrected chi connectivity index (χ4v) is 2.38. The Morgan fingerprint density at radius 3 is 2.59 bits per heavy atom. The molecule has 0 aliphatic carbocycles. The van der Waals surface area contributed by atoms with E-state index in [1.807, 2.05) is 0 Å². The van der Waals surface area contributed by atoms with Crippen LogP contribution in [0.4, 0.5) is 0 Å². The van der Waals surface area contributed by atoms with E-state index in [4.69, 9.17) is 9.47 Å². The van der Waals surface area contributed by atoms with E-state index < -0.39 is 5.97 Å². The smallest absolute Gasteiger partial charge is 0.260 e. The maximum absolute atomic E-state index is 12.1. The highest BCUT2D eigenvalue weighted by atomic mass is 16.5. The summed E-state index contributed by atoms with van der Waals surface area (Å²) in [7, 11) is 1.57. The van der Waals surface area contributed by atoms with Gasteiger partial charge in [0.2, 0.25) is 0 Å². The van der Waals surface area contributed by atoms with Crippen LogP contribution in [-0.4, -0.2) is 63.2 Å². The summed E-state index contributed by atoms with van der Waals surface area (Å²) in [5.41, 5.74) is 0. The summed E-state index contributed by atoms with van der Waals surface area (Å²) < 4.78 is 10.6. The minimum atomic E-state index is -1.06. The van der Waals surface area contributed by atoms with Crippen molar-refractivity contribution in [1.82, 2.24) is 4.90 Å². The van der Waals surface area contributed by atoms with Crippen molar-refractivity contribution in [2.75, 3.05) is 46.4 Å². The van der Waals surface area contributed by atoms with Crippen molar-refractivity contribution in [1.29, 1.82) is 0 Å². The molecule has 1 aliphatic heterocycles. The summed E-state index contributed by atoms with van der Waals surface area (Å²) in [5, 5.41) is 10.6. The van der Waals surface area contributed by atoms with E-state index in [-0.39, 0.29) is 19.1 Å². The highest BCUT2D eigenvalue weighted by Crippen LogP contribution is 2.18. The first-order chi connectivity index (χ1) is 10.6. The number of rotatable bonds is 6. The number of carbonyl (C=O) groups is 2. The molecule has 1 aliphatic rings. The average molecular weight is 308 g/mol. The monoisotopic (exact) mass is 308 g/mol. The number of hydrogen-bond acceptors (Lipinski definition) is 5. The van der Waals surface area contributed by atoms with E-state index in [9.17, 15) is 14.7 Å². The van der Waals surface area contributed by atoms with Gasteiger partial charge in [0.1, 0.15) is 18.0 Å². The first kappa shape index (κ1) is 16.1. The van der Waals surface area contributed by atoms with Gasteiger partial charge in [-0.05, 0) is 12.1 Å². The number of benzene rings is 1. The molecule has 7 nitrogen and oxygen atoms in total. The molecule has 0 bridgehead atoms. The van der Waals surface area contributed by atoms with Crippen molar-refractivity contribution in [2.45, 2.75) is 0 Å². The van der Waals surface area contributed by atoms with Crippen LogP contribution in [0.25, 0.3) is 0 Å². The lowest BCUT2D eigenvalue weighted by molar-refractivity contribution is -0.898. The van der Waals surface area contributed by atoms with Crippen LogP contribution in [0.1, 0.15) is 0 Å². The Bertz CT molecular complexity index is 526. The van der Waals surface area contributed by atoms with Crippen LogP contribution in [0.2, 0.25) is 0 Å². The third-order valence-electron chi connectivity index (χ3n) is 3.62. The summed E-state index contributed by atoms with van der Waals surface area (Å²) in [4.78, 5) is 25.3. The highest BCUT2D eigenvalue weighted by Gasteiger charge is 2.23. The number of hydrogen-bond donors (Lipinski definition) is 1. The van der Waals surface area contributed by atoms with Gasteiger partial charge in [0.05, 0.1) is 39.3 Å². The first-order valence-corrected chi connectivity index (χ1v) is 7.16. The number of piperazine rings is 1. The van der Waals surface area contributed by atoms with E-state index >= 15 is 0 Å². The number of carboxylic acid groups (broad SMARTS) is 1. The number of nitrogens with zero attached hydrogens (tertiary/aromatic N) is 1. The maximum Gasteiger partial charge on any atom is 0.260 e. The molecule has 2 rings (SSSR count). The number of carbonyl (C=O) groups excluding carboxylic acids is 2. The Kier molecular flexibility index (Phi) is 5.60. The summed E-state index contributed by atoms with van der Waals surface area (Å²) >= 11 is 0. The molecule has 0 radical (unpaired) electrons. The Morgan fingerprint density at radius 1 is 1.27 bits per heavy atom. The zero-order valence-corrected chi connectivity index (χ0v) is 12.5. The molecule has 0 aromatic heterocycles. The fraction of sp³-hybridized carbons (Fsp3) is 0.467. The summed E-state index contributed by atoms with van der Waals surface area (Å²) in [5.74, 6) is 0.0878. The molecule has 1 aromatic carbocycles. The zero-order valence-electron chi connectivity index (χ0n) is 12.5. The van der Waals surface area contributed by atoms with Gasteiger partial charge in [0, 0.05) is 6.07 Å². The van der Waals surface area contributed by atoms with Crippen LogP contribution in [0.15, 0.2) is 24.3 Å². The molecule has 1 saturated heterocycles. The normalized spacial score (nSPS) is 15.4. The molecule has 1 N–H and O–H groups in total. The van der Waals surface area contributed by atoms with Gasteiger partial charge in [-0.2, -0.15) is 0 Å². The molecule has 1 aromatic rings. The minimum Gasteiger partial charge on any atom is -0.544 e. The third kappa shape index (κ3) is 4.63. The SMILES string of the molecule is COc1cccc(OCC(=O)N2CC[NH+](CC(=O)[O-])CC2)c1. The minimum absolute atomic E-state index is 0.0116. The van der Waals surface area contributed by atoms with Gasteiger partial charge >= 0.3 is 0 Å². The van der Waals surface area contributed by atoms with Crippen LogP contribution in [0.3, 0.4) is 0 Å². The van der Waals surface area contributed by atoms with Gasteiger partial charge in [-0.25, -0.2) is 0 Å². The number of nitrogens with one attached hydrogen (secondary N) is 1. The van der Waals surface area contributed by atoms with E-state index in [1.54, 1.807) is 36.3 Å². The lowest BCUT2D eigenvalue weighted by Gasteiger charge is -2.32. The van der Waals surface area contributed by atoms with Crippen LogP contribution >= 0.6 is 0 Å². The second-order valence-electron chi connectivity index (χ2n) is 5.15. The van der Waals surface area contributed by atoms with Gasteiger partial charge in [0.15, 0.2) is 6.61 Å². The lowest BCUT2D eigenvalue weighted by atomic mass is 10.3. The standard InChI is InChI=1S/C15H20N2O5/c1-21-12-3-2-4-13(9-12)22-11-14(18)17-7-5-16(6-8-17)10-15(19)20/h2-4,9H,5-8,10-11H2,1H3,(H,19,20). The molecule has 0 unspecified atom stereocenters. The lowest BCUT2D eigenvalue weighted by Crippen LogP contribution is -3.16. The summed E-state index contributed by atoms with van der Waals surface area (Å²) in [6.45, 7) is 2.23. The van der Waals surface area contributed by atoms with Crippen molar-refractivity contribution in [3.8, 4) is 11.5 Å². The van der Waals surface area contributed by atoms with Crippen molar-refractivity contribution >= 4 is 11.9 Å². The molecule has 1 amide bonds. The maximum atomic E-state index is 12.1. The van der Waals surface area contributed by atoms with E-state index in [0.29, 0.717) is 37.7 Å². The first-order valence-electron chi connectivity index (χ1n) is 7.16. The van der Waals surface area contributed by atoms with Gasteiger partial charge < -0.3 is 29.2 Å². The van der Waals surface area contributed by atoms with Crippen molar-refractivity contribution in [2.24, 2.45) is 0 Å². The number of amides is 1. The Balaban J connectivity index is 1.77. The summed E-state index contributed by atoms with van der Waals surface area (Å²) in [6.07, 6.45) is 0. The molecule has 120 valence electrons. The molecule has 1 heterocycles. The molecule has 1 fully saturated rings. The highest BCUT2D eigenvalue weighted by molar-refractivity contribution is 5.77. The predicted molar refractivity (Wildman–Crippen MR) is 75.6 cm³/mol. The van der Waals surface area contributed by atoms with Gasteiger partial charge in [-0.1, -0.05) is 6.07 Å². The third-order valence-corrected chi connectivity index (χ3v) is 3.62. The topological polar surface area (TPSA) is 83.3 Å². The molecular formula is C15H20N2O5. The molecule has 0 saturated carbocycles. The molecule has 0 atom stereocenters. The van der Waals surface area contributed by atoms with Gasteiger partial charge in [-0.3, -0.25) is 4.79 Å². The Morgan fingerprint density at radius 2 is 1.95 bits per heavy atom. The van der Waals surface area contributed by atoms with Crippen molar-refractivity contribution in [3.05, 3.63) is 24.3 Å². The quantitative estimate of drug-likeness (QED) is 0.631. The van der Waals surface area contributed by atoms with Gasteiger partial charge in [0.25, 0.3) is 5.91 Å². The number of carboxylic acids is 1. The molecule has 0 spiro atoms. The average Bonchev–Trinajstić information content (AvgIpc) is 2.53. The van der Waals surface area contributed by atoms with Crippen molar-refractivity contribution < 1.29 is 29.1 Å². The number of ether oxygens (including phenoxy) is 2. The van der Waals surface area contributed by atoms with Gasteiger partial charge in [-0.15, -0.1) is 0 Å². The molecular weight excluding hydrogens is 288 g/mol. The second kappa shape index (κ2) is 7.65. The van der Waals surface area contributed by atoms with E-state index in [2.05, 4.69) is 0 Å². The number of methoxy groups -OCH3 is 1. The van der Waals surface area contributed by atoms with Crippen LogP contribution < -0.4 is 19.5 Å². The van der Waals surface area contributed by atoms with Crippen LogP contribution in [0.5, 0.6) is 11.5 Å². The number of aliphatic carboxylic acids is 1. The second-order valence-corrected chi connectivity index (χ2v) is 5.15. The van der Waals surface area contributed by atoms with Crippen LogP contribution in [-0.2, 0) is 9.59 Å². The number of quaternary nitrogens is 1. The summed E-state index contributed by atoms with van der Waals surface area (Å²) in [6, 6.07) is 7.07.